The topological polar surface area (TPSA) is 62.8 Å². The molecule has 3 aliphatic rings. The minimum Gasteiger partial charge on any atom is -0.495 e. The predicted molar refractivity (Wildman–Crippen MR) is 138 cm³/mol. The second-order valence-electron chi connectivity index (χ2n) is 6.53. The highest BCUT2D eigenvalue weighted by molar-refractivity contribution is 15.1. The van der Waals surface area contributed by atoms with Crippen molar-refractivity contribution in [1.82, 2.24) is 10.2 Å². The molecule has 1 aromatic carbocycles. The van der Waals surface area contributed by atoms with E-state index >= 15 is 0 Å². The Morgan fingerprint density at radius 1 is 1.33 bits per heavy atom. The lowest BCUT2D eigenvalue weighted by atomic mass is 9.78. The molecule has 4 rings (SSSR count). The van der Waals surface area contributed by atoms with E-state index in [0.29, 0.717) is 38.6 Å². The summed E-state index contributed by atoms with van der Waals surface area (Å²) in [7, 11) is 3.18. The predicted octanol–water partition coefficient (Wildman–Crippen LogP) is 4.41. The summed E-state index contributed by atoms with van der Waals surface area (Å²) < 4.78 is 10.3. The van der Waals surface area contributed by atoms with Gasteiger partial charge in [0.05, 0.1) is 17.9 Å². The number of anilines is 1. The highest BCUT2D eigenvalue weighted by atomic mass is 128. The van der Waals surface area contributed by atoms with Gasteiger partial charge in [-0.3, -0.25) is 15.1 Å². The van der Waals surface area contributed by atoms with Crippen LogP contribution in [0.4, 0.5) is 5.69 Å². The number of halogens is 3. The van der Waals surface area contributed by atoms with Gasteiger partial charge in [0.2, 0.25) is 0 Å². The number of amides is 1. The van der Waals surface area contributed by atoms with Gasteiger partial charge in [-0.25, -0.2) is 0 Å². The van der Waals surface area contributed by atoms with Crippen molar-refractivity contribution in [2.75, 3.05) is 39.3 Å². The fourth-order valence-electron chi connectivity index (χ4n) is 3.68. The Morgan fingerprint density at radius 3 is 2.89 bits per heavy atom. The third kappa shape index (κ3) is 4.05. The Bertz CT molecular complexity index is 853. The molecule has 0 aromatic heterocycles. The molecule has 148 valence electrons. The van der Waals surface area contributed by atoms with Crippen LogP contribution in [-0.4, -0.2) is 51.8 Å². The third-order valence-corrected chi connectivity index (χ3v) is 43.9. The zero-order valence-corrected chi connectivity index (χ0v) is 22.4. The summed E-state index contributed by atoms with van der Waals surface area (Å²) in [5.74, 6) is 0.808. The first kappa shape index (κ1) is 20.7. The highest BCUT2D eigenvalue weighted by Gasteiger charge is 2.49. The number of hydrogen-bond donors (Lipinski definition) is 2. The number of likely N-dealkylation sites (tertiary alicyclic amines) is 1. The first-order valence-corrected chi connectivity index (χ1v) is 23.5. The minimum atomic E-state index is -0.0243. The van der Waals surface area contributed by atoms with E-state index in [1.54, 1.807) is 21.1 Å². The van der Waals surface area contributed by atoms with Gasteiger partial charge in [-0.05, 0) is 97.2 Å². The Morgan fingerprint density at radius 2 is 2.15 bits per heavy atom. The number of hydrogen-bond acceptors (Lipinski definition) is 5. The number of piperidine rings is 1. The molecule has 0 unspecified atom stereocenters. The maximum Gasteiger partial charge on any atom is 0.258 e. The summed E-state index contributed by atoms with van der Waals surface area (Å²) in [5.41, 5.74) is 4.50. The van der Waals surface area contributed by atoms with Crippen molar-refractivity contribution < 1.29 is 14.4 Å². The lowest BCUT2D eigenvalue weighted by Crippen LogP contribution is -2.42. The largest absolute Gasteiger partial charge is 0.495 e. The van der Waals surface area contributed by atoms with Crippen molar-refractivity contribution >= 4 is 75.2 Å². The first-order valence-electron chi connectivity index (χ1n) is 8.56. The van der Waals surface area contributed by atoms with Crippen LogP contribution in [0, 0.1) is 5.41 Å². The number of carbonyl (C=O) groups excluding carboxylic acids is 1. The van der Waals surface area contributed by atoms with Gasteiger partial charge < -0.3 is 15.0 Å². The van der Waals surface area contributed by atoms with Crippen LogP contribution in [0.1, 0.15) is 23.2 Å². The van der Waals surface area contributed by atoms with Crippen molar-refractivity contribution in [2.24, 2.45) is 5.41 Å². The second kappa shape index (κ2) is 9.07. The van der Waals surface area contributed by atoms with E-state index in [1.807, 2.05) is 18.2 Å². The zero-order chi connectivity index (χ0) is 18.9. The summed E-state index contributed by atoms with van der Waals surface area (Å²) >= 11 is 0.548. The zero-order valence-electron chi connectivity index (χ0n) is 15.0. The van der Waals surface area contributed by atoms with Crippen LogP contribution < -0.4 is 15.5 Å². The summed E-state index contributed by atoms with van der Waals surface area (Å²) in [6.45, 7) is 3.07. The molecule has 3 aliphatic heterocycles. The maximum atomic E-state index is 13.5. The van der Waals surface area contributed by atoms with Gasteiger partial charge in [0.15, 0.2) is 0 Å². The molecule has 0 radical (unpaired) electrons. The third-order valence-electron chi connectivity index (χ3n) is 5.05. The number of rotatable bonds is 4. The maximum absolute atomic E-state index is 13.5. The molecule has 0 bridgehead atoms. The number of nitrogens with one attached hydrogen (secondary N) is 2. The Balaban J connectivity index is 1.68. The molecule has 0 saturated carbocycles. The Labute approximate surface area is 185 Å². The fourth-order valence-corrected chi connectivity index (χ4v) is 47.3. The number of nitrogens with zero attached hydrogens (tertiary/aromatic N) is 1. The van der Waals surface area contributed by atoms with Crippen molar-refractivity contribution in [3.8, 4) is 5.75 Å². The van der Waals surface area contributed by atoms with Gasteiger partial charge in [-0.1, -0.05) is 0 Å². The van der Waals surface area contributed by atoms with Gasteiger partial charge in [-0.15, -0.1) is 0 Å². The molecule has 1 amide bonds. The van der Waals surface area contributed by atoms with Crippen LogP contribution in [0.25, 0.3) is 0 Å². The Kier molecular flexibility index (Phi) is 6.95. The molecular weight excluding hydrogens is 706 g/mol. The molecule has 0 atom stereocenters. The van der Waals surface area contributed by atoms with Crippen LogP contribution in [0.3, 0.4) is 0 Å². The molecule has 2 N–H and O–H groups in total. The number of ether oxygens (including phenoxy) is 1. The average Bonchev–Trinajstić information content (AvgIpc) is 3.02. The second-order valence-corrected chi connectivity index (χ2v) is 30.5. The quantitative estimate of drug-likeness (QED) is 0.274. The van der Waals surface area contributed by atoms with Crippen LogP contribution in [-0.2, 0) is 4.84 Å². The summed E-state index contributed by atoms with van der Waals surface area (Å²) in [4.78, 5) is 20.7. The van der Waals surface area contributed by atoms with E-state index < -0.39 is 0 Å². The van der Waals surface area contributed by atoms with Gasteiger partial charge in [0, 0.05) is 24.4 Å². The molecule has 1 spiro atoms. The van der Waals surface area contributed by atoms with Crippen LogP contribution in [0.2, 0.25) is 0 Å². The number of methoxy groups -OCH3 is 1. The molecule has 3 heterocycles. The Hall–Kier alpha value is 0.440. The fraction of sp³-hybridized carbons (Fsp3) is 0.471. The highest BCUT2D eigenvalue weighted by Crippen LogP contribution is 2.54. The summed E-state index contributed by atoms with van der Waals surface area (Å²) in [6.07, 6.45) is 2.39. The van der Waals surface area contributed by atoms with E-state index in [4.69, 9.17) is 9.57 Å². The summed E-state index contributed by atoms with van der Waals surface area (Å²) in [6, 6.07) is 5.56. The monoisotopic (exact) mass is 727 g/mol. The molecule has 1 aromatic rings. The van der Waals surface area contributed by atoms with Crippen molar-refractivity contribution in [3.05, 3.63) is 23.8 Å². The first-order chi connectivity index (χ1) is 13.2. The summed E-state index contributed by atoms with van der Waals surface area (Å²) in [5, 5.41) is 3.51. The van der Waals surface area contributed by atoms with Crippen molar-refractivity contribution in [1.29, 1.82) is 0 Å². The van der Waals surface area contributed by atoms with E-state index in [2.05, 4.69) is 15.7 Å². The normalized spacial score (nSPS) is 21.6. The number of fused-ring (bicyclic) bond motifs is 2. The van der Waals surface area contributed by atoms with Crippen LogP contribution in [0.15, 0.2) is 18.2 Å². The smallest absolute Gasteiger partial charge is 0.258 e. The molecule has 10 heteroatoms. The van der Waals surface area contributed by atoms with Crippen LogP contribution in [0.5, 0.6) is 5.75 Å². The standard InChI is InChI=1S/C17H21I3N3O3P/c1-25-13-4-3-11(9-12(13)22-26-2)16(24)23-10-17(5-7-21-8-6-17)14-15(23)19-27-20-18-14/h3-4,9,21-22H,5-8,10H2,1-2H3. The molecular formula is C17H21I3N3O3P. The van der Waals surface area contributed by atoms with Gasteiger partial charge in [0.1, 0.15) is 11.4 Å². The van der Waals surface area contributed by atoms with Gasteiger partial charge in [0.25, 0.3) is 5.91 Å². The lowest BCUT2D eigenvalue weighted by Gasteiger charge is -2.34. The number of benzene rings is 1. The molecule has 6 nitrogen and oxygen atoms in total. The van der Waals surface area contributed by atoms with E-state index in [-0.39, 0.29) is 42.8 Å². The molecule has 0 aliphatic carbocycles. The average molecular weight is 727 g/mol. The van der Waals surface area contributed by atoms with Crippen molar-refractivity contribution in [3.63, 3.8) is 0 Å². The van der Waals surface area contributed by atoms with E-state index in [0.717, 1.165) is 19.6 Å². The molecule has 2 saturated heterocycles. The van der Waals surface area contributed by atoms with Crippen molar-refractivity contribution in [2.45, 2.75) is 12.8 Å². The van der Waals surface area contributed by atoms with Gasteiger partial charge in [-0.2, -0.15) is 0 Å². The minimum absolute atomic E-state index is 0.0243. The van der Waals surface area contributed by atoms with Gasteiger partial charge >= 0.3 is 0 Å². The number of carbonyl (C=O) groups is 1. The van der Waals surface area contributed by atoms with Crippen LogP contribution >= 0.6 is 56.5 Å². The van der Waals surface area contributed by atoms with E-state index in [9.17, 15) is 4.79 Å². The SMILES string of the molecule is CONc1cc(C(=O)N2CC3(CCNCC3)C3=II=PI=C32)ccc1OC. The molecule has 27 heavy (non-hydrogen) atoms. The lowest BCUT2D eigenvalue weighted by molar-refractivity contribution is 0.0827. The molecule has 2 fully saturated rings. The van der Waals surface area contributed by atoms with E-state index in [1.165, 1.54) is 16.5 Å².